The summed E-state index contributed by atoms with van der Waals surface area (Å²) in [4.78, 5) is 24.7. The van der Waals surface area contributed by atoms with Gasteiger partial charge in [-0.25, -0.2) is 8.78 Å². The topological polar surface area (TPSA) is 78.9 Å². The van der Waals surface area contributed by atoms with Crippen molar-refractivity contribution in [2.75, 3.05) is 24.5 Å². The van der Waals surface area contributed by atoms with E-state index in [1.54, 1.807) is 4.90 Å². The third-order valence-corrected chi connectivity index (χ3v) is 6.03. The lowest BCUT2D eigenvalue weighted by Crippen LogP contribution is -2.37. The van der Waals surface area contributed by atoms with Gasteiger partial charge in [-0.3, -0.25) is 9.59 Å². The molecule has 1 saturated carbocycles. The van der Waals surface area contributed by atoms with Gasteiger partial charge in [-0.15, -0.1) is 6.58 Å². The van der Waals surface area contributed by atoms with Gasteiger partial charge in [0, 0.05) is 31.1 Å². The predicted octanol–water partition coefficient (Wildman–Crippen LogP) is 3.79. The average Bonchev–Trinajstić information content (AvgIpc) is 3.14. The van der Waals surface area contributed by atoms with Gasteiger partial charge in [0.25, 0.3) is 5.92 Å². The number of carbonyl (C=O) groups is 2. The van der Waals surface area contributed by atoms with Crippen molar-refractivity contribution in [3.8, 4) is 5.75 Å². The molecule has 3 rings (SSSR count). The Bertz CT molecular complexity index is 807. The first-order valence-corrected chi connectivity index (χ1v) is 10.8. The van der Waals surface area contributed by atoms with Crippen molar-refractivity contribution in [2.45, 2.75) is 57.0 Å². The maximum atomic E-state index is 14.1. The van der Waals surface area contributed by atoms with Crippen LogP contribution in [0.5, 0.6) is 5.75 Å². The maximum absolute atomic E-state index is 14.1. The summed E-state index contributed by atoms with van der Waals surface area (Å²) in [7, 11) is 0. The quantitative estimate of drug-likeness (QED) is 0.431. The number of hydrogen-bond donors (Lipinski definition) is 2. The van der Waals surface area contributed by atoms with Crippen molar-refractivity contribution >= 4 is 17.6 Å². The minimum Gasteiger partial charge on any atom is -0.490 e. The van der Waals surface area contributed by atoms with Crippen molar-refractivity contribution in [3.05, 3.63) is 36.4 Å². The number of carboxylic acid groups (broad SMARTS) is 1. The molecule has 170 valence electrons. The number of aliphatic carboxylic acids is 1. The van der Waals surface area contributed by atoms with Crippen LogP contribution in [0, 0.1) is 5.92 Å². The van der Waals surface area contributed by atoms with Crippen LogP contribution in [0.3, 0.4) is 0 Å². The molecule has 0 bridgehead atoms. The largest absolute Gasteiger partial charge is 0.490 e. The molecule has 1 fully saturated rings. The SMILES string of the molecule is C=CCC(F)(F)C1CCC(Oc2ccc3c(c2)CCN3C(=O)CNCCC(=O)O)CC1. The second-order valence-corrected chi connectivity index (χ2v) is 8.25. The second kappa shape index (κ2) is 10.2. The van der Waals surface area contributed by atoms with Crippen LogP contribution in [0.15, 0.2) is 30.9 Å². The second-order valence-electron chi connectivity index (χ2n) is 8.25. The number of fused-ring (bicyclic) bond motifs is 1. The number of carbonyl (C=O) groups excluding carboxylic acids is 1. The number of amides is 1. The van der Waals surface area contributed by atoms with E-state index in [0.717, 1.165) is 11.3 Å². The molecular formula is C23H30F2N2O4. The summed E-state index contributed by atoms with van der Waals surface area (Å²) in [5.74, 6) is -3.61. The Labute approximate surface area is 181 Å². The third-order valence-electron chi connectivity index (χ3n) is 6.03. The summed E-state index contributed by atoms with van der Waals surface area (Å²) in [6, 6.07) is 5.61. The Hall–Kier alpha value is -2.48. The van der Waals surface area contributed by atoms with Crippen molar-refractivity contribution in [1.82, 2.24) is 5.32 Å². The minimum absolute atomic E-state index is 0.0294. The number of halogens is 2. The molecule has 2 N–H and O–H groups in total. The molecule has 1 aromatic rings. The number of anilines is 1. The summed E-state index contributed by atoms with van der Waals surface area (Å²) in [6.45, 7) is 4.33. The number of ether oxygens (including phenoxy) is 1. The highest BCUT2D eigenvalue weighted by molar-refractivity contribution is 5.96. The molecule has 0 radical (unpaired) electrons. The van der Waals surface area contributed by atoms with E-state index in [2.05, 4.69) is 11.9 Å². The predicted molar refractivity (Wildman–Crippen MR) is 114 cm³/mol. The van der Waals surface area contributed by atoms with Crippen molar-refractivity contribution in [1.29, 1.82) is 0 Å². The van der Waals surface area contributed by atoms with Crippen molar-refractivity contribution in [2.24, 2.45) is 5.92 Å². The normalized spacial score (nSPS) is 20.9. The molecule has 1 aliphatic carbocycles. The zero-order valence-electron chi connectivity index (χ0n) is 17.6. The van der Waals surface area contributed by atoms with Crippen LogP contribution in [0.25, 0.3) is 0 Å². The number of benzene rings is 1. The number of alkyl halides is 2. The minimum atomic E-state index is -2.70. The van der Waals surface area contributed by atoms with Crippen LogP contribution in [0.2, 0.25) is 0 Å². The molecule has 6 nitrogen and oxygen atoms in total. The third kappa shape index (κ3) is 6.03. The number of hydrogen-bond acceptors (Lipinski definition) is 4. The highest BCUT2D eigenvalue weighted by atomic mass is 19.3. The van der Waals surface area contributed by atoms with E-state index in [-0.39, 0.29) is 37.9 Å². The molecule has 0 saturated heterocycles. The molecule has 2 aliphatic rings. The number of nitrogens with one attached hydrogen (secondary N) is 1. The van der Waals surface area contributed by atoms with Crippen LogP contribution < -0.4 is 15.0 Å². The zero-order valence-corrected chi connectivity index (χ0v) is 17.6. The van der Waals surface area contributed by atoms with E-state index < -0.39 is 17.8 Å². The molecule has 8 heteroatoms. The summed E-state index contributed by atoms with van der Waals surface area (Å²) >= 11 is 0. The van der Waals surface area contributed by atoms with Crippen LogP contribution >= 0.6 is 0 Å². The first kappa shape index (κ1) is 23.2. The summed E-state index contributed by atoms with van der Waals surface area (Å²) in [5, 5.41) is 11.5. The molecule has 1 aromatic carbocycles. The van der Waals surface area contributed by atoms with Gasteiger partial charge in [0.15, 0.2) is 0 Å². The van der Waals surface area contributed by atoms with E-state index in [1.807, 2.05) is 18.2 Å². The smallest absolute Gasteiger partial charge is 0.304 e. The number of rotatable bonds is 10. The first-order valence-electron chi connectivity index (χ1n) is 10.8. The monoisotopic (exact) mass is 436 g/mol. The molecule has 1 amide bonds. The van der Waals surface area contributed by atoms with E-state index in [0.29, 0.717) is 44.4 Å². The van der Waals surface area contributed by atoms with E-state index in [9.17, 15) is 18.4 Å². The van der Waals surface area contributed by atoms with Gasteiger partial charge < -0.3 is 20.1 Å². The molecule has 0 atom stereocenters. The Morgan fingerprint density at radius 1 is 1.29 bits per heavy atom. The van der Waals surface area contributed by atoms with Gasteiger partial charge in [-0.2, -0.15) is 0 Å². The van der Waals surface area contributed by atoms with E-state index in [1.165, 1.54) is 6.08 Å². The Balaban J connectivity index is 1.51. The number of nitrogens with zero attached hydrogens (tertiary/aromatic N) is 1. The summed E-state index contributed by atoms with van der Waals surface area (Å²) in [5.41, 5.74) is 1.85. The van der Waals surface area contributed by atoms with Crippen LogP contribution in [-0.4, -0.2) is 48.6 Å². The lowest BCUT2D eigenvalue weighted by Gasteiger charge is -2.33. The van der Waals surface area contributed by atoms with Gasteiger partial charge in [0.1, 0.15) is 5.75 Å². The van der Waals surface area contributed by atoms with Crippen LogP contribution in [0.4, 0.5) is 14.5 Å². The van der Waals surface area contributed by atoms with Gasteiger partial charge in [0.05, 0.1) is 19.1 Å². The Morgan fingerprint density at radius 2 is 2.03 bits per heavy atom. The average molecular weight is 436 g/mol. The van der Waals surface area contributed by atoms with Crippen molar-refractivity contribution in [3.63, 3.8) is 0 Å². The highest BCUT2D eigenvalue weighted by Crippen LogP contribution is 2.40. The maximum Gasteiger partial charge on any atom is 0.304 e. The molecule has 31 heavy (non-hydrogen) atoms. The molecule has 0 aromatic heterocycles. The molecular weight excluding hydrogens is 406 g/mol. The Kier molecular flexibility index (Phi) is 7.64. The van der Waals surface area contributed by atoms with Gasteiger partial charge in [-0.05, 0) is 55.9 Å². The lowest BCUT2D eigenvalue weighted by atomic mass is 9.82. The van der Waals surface area contributed by atoms with Gasteiger partial charge in [0.2, 0.25) is 5.91 Å². The van der Waals surface area contributed by atoms with Crippen molar-refractivity contribution < 1.29 is 28.2 Å². The fraction of sp³-hybridized carbons (Fsp3) is 0.565. The molecule has 1 heterocycles. The molecule has 0 spiro atoms. The zero-order chi connectivity index (χ0) is 22.4. The van der Waals surface area contributed by atoms with E-state index in [4.69, 9.17) is 9.84 Å². The van der Waals surface area contributed by atoms with Crippen LogP contribution in [0.1, 0.15) is 44.1 Å². The standard InChI is InChI=1S/C23H30F2N2O4/c1-2-11-23(24,25)17-3-5-18(6-4-17)31-19-7-8-20-16(14-19)10-13-27(20)21(28)15-26-12-9-22(29)30/h2,7-8,14,17-18,26H,1,3-6,9-13,15H2,(H,29,30). The molecule has 1 aliphatic heterocycles. The number of allylic oxidation sites excluding steroid dienone is 1. The fourth-order valence-corrected chi connectivity index (χ4v) is 4.35. The van der Waals surface area contributed by atoms with Gasteiger partial charge in [-0.1, -0.05) is 6.08 Å². The van der Waals surface area contributed by atoms with Crippen LogP contribution in [-0.2, 0) is 16.0 Å². The fourth-order valence-electron chi connectivity index (χ4n) is 4.35. The Morgan fingerprint density at radius 3 is 2.71 bits per heavy atom. The number of carboxylic acids is 1. The van der Waals surface area contributed by atoms with E-state index >= 15 is 0 Å². The molecule has 0 unspecified atom stereocenters. The summed E-state index contributed by atoms with van der Waals surface area (Å²) in [6.07, 6.45) is 3.69. The first-order chi connectivity index (χ1) is 14.8. The highest BCUT2D eigenvalue weighted by Gasteiger charge is 2.40. The lowest BCUT2D eigenvalue weighted by molar-refractivity contribution is -0.137. The van der Waals surface area contributed by atoms with Gasteiger partial charge >= 0.3 is 5.97 Å². The summed E-state index contributed by atoms with van der Waals surface area (Å²) < 4.78 is 34.2.